The number of carboxylic acid groups (broad SMARTS) is 1. The zero-order chi connectivity index (χ0) is 15.4. The lowest BCUT2D eigenvalue weighted by Gasteiger charge is -2.10. The van der Waals surface area contributed by atoms with E-state index in [9.17, 15) is 13.6 Å². The molecule has 2 aromatic rings. The number of halogens is 2. The number of rotatable bonds is 4. The van der Waals surface area contributed by atoms with Crippen molar-refractivity contribution >= 4 is 12.0 Å². The van der Waals surface area contributed by atoms with E-state index < -0.39 is 17.6 Å². The summed E-state index contributed by atoms with van der Waals surface area (Å²) >= 11 is 0. The van der Waals surface area contributed by atoms with Crippen LogP contribution in [0.3, 0.4) is 0 Å². The van der Waals surface area contributed by atoms with E-state index in [1.807, 2.05) is 0 Å². The van der Waals surface area contributed by atoms with E-state index in [1.165, 1.54) is 30.3 Å². The molecule has 0 aliphatic rings. The fraction of sp³-hybridized carbons (Fsp3) is 0.0625. The zero-order valence-electron chi connectivity index (χ0n) is 11.1. The highest BCUT2D eigenvalue weighted by Gasteiger charge is 2.09. The zero-order valence-corrected chi connectivity index (χ0v) is 11.1. The predicted octanol–water partition coefficient (Wildman–Crippen LogP) is 4.16. The van der Waals surface area contributed by atoms with Crippen molar-refractivity contribution in [2.75, 3.05) is 0 Å². The Kier molecular flexibility index (Phi) is 4.33. The van der Waals surface area contributed by atoms with Crippen LogP contribution in [0.2, 0.25) is 0 Å². The van der Waals surface area contributed by atoms with Crippen molar-refractivity contribution in [3.63, 3.8) is 0 Å². The lowest BCUT2D eigenvalue weighted by Crippen LogP contribution is -1.93. The SMILES string of the molecule is Cc1ccc(Oc2cccc(F)c2/C=C/C(=O)O)cc1F. The molecular weight excluding hydrogens is 278 g/mol. The first-order valence-electron chi connectivity index (χ1n) is 6.11. The second-order valence-corrected chi connectivity index (χ2v) is 4.34. The number of carbonyl (C=O) groups is 1. The molecule has 0 saturated carbocycles. The third kappa shape index (κ3) is 3.66. The van der Waals surface area contributed by atoms with Gasteiger partial charge >= 0.3 is 5.97 Å². The summed E-state index contributed by atoms with van der Waals surface area (Å²) in [6, 6.07) is 8.36. The van der Waals surface area contributed by atoms with Gasteiger partial charge in [0, 0.05) is 12.1 Å². The van der Waals surface area contributed by atoms with Crippen molar-refractivity contribution in [3.05, 3.63) is 65.2 Å². The normalized spacial score (nSPS) is 10.8. The van der Waals surface area contributed by atoms with Gasteiger partial charge < -0.3 is 9.84 Å². The van der Waals surface area contributed by atoms with E-state index in [0.29, 0.717) is 5.56 Å². The minimum Gasteiger partial charge on any atom is -0.478 e. The van der Waals surface area contributed by atoms with Gasteiger partial charge in [-0.3, -0.25) is 0 Å². The van der Waals surface area contributed by atoms with Crippen LogP contribution in [0.15, 0.2) is 42.5 Å². The molecule has 108 valence electrons. The molecule has 0 aliphatic heterocycles. The second kappa shape index (κ2) is 6.17. The molecule has 0 saturated heterocycles. The maximum Gasteiger partial charge on any atom is 0.328 e. The number of hydrogen-bond donors (Lipinski definition) is 1. The molecule has 2 aromatic carbocycles. The first-order chi connectivity index (χ1) is 9.97. The number of benzene rings is 2. The maximum absolute atomic E-state index is 13.7. The number of hydrogen-bond acceptors (Lipinski definition) is 2. The Morgan fingerprint density at radius 2 is 1.95 bits per heavy atom. The summed E-state index contributed by atoms with van der Waals surface area (Å²) in [6.45, 7) is 1.61. The van der Waals surface area contributed by atoms with Crippen LogP contribution in [0.25, 0.3) is 6.08 Å². The molecular formula is C16H12F2O3. The van der Waals surface area contributed by atoms with Crippen molar-refractivity contribution in [2.24, 2.45) is 0 Å². The Hall–Kier alpha value is -2.69. The van der Waals surface area contributed by atoms with Crippen molar-refractivity contribution in [2.45, 2.75) is 6.92 Å². The van der Waals surface area contributed by atoms with Crippen LogP contribution in [0.4, 0.5) is 8.78 Å². The molecule has 21 heavy (non-hydrogen) atoms. The fourth-order valence-electron chi connectivity index (χ4n) is 1.69. The quantitative estimate of drug-likeness (QED) is 0.860. The van der Waals surface area contributed by atoms with Gasteiger partial charge in [-0.1, -0.05) is 12.1 Å². The fourth-order valence-corrected chi connectivity index (χ4v) is 1.69. The molecule has 0 heterocycles. The van der Waals surface area contributed by atoms with Crippen molar-refractivity contribution in [3.8, 4) is 11.5 Å². The van der Waals surface area contributed by atoms with Crippen molar-refractivity contribution < 1.29 is 23.4 Å². The van der Waals surface area contributed by atoms with Gasteiger partial charge in [-0.05, 0) is 36.8 Å². The summed E-state index contributed by atoms with van der Waals surface area (Å²) in [5, 5.41) is 8.61. The van der Waals surface area contributed by atoms with Gasteiger partial charge in [0.2, 0.25) is 0 Å². The Morgan fingerprint density at radius 1 is 1.19 bits per heavy atom. The summed E-state index contributed by atoms with van der Waals surface area (Å²) < 4.78 is 32.7. The van der Waals surface area contributed by atoms with E-state index in [1.54, 1.807) is 13.0 Å². The summed E-state index contributed by atoms with van der Waals surface area (Å²) in [5.41, 5.74) is 0.452. The second-order valence-electron chi connectivity index (χ2n) is 4.34. The molecule has 0 radical (unpaired) electrons. The van der Waals surface area contributed by atoms with Crippen LogP contribution >= 0.6 is 0 Å². The maximum atomic E-state index is 13.7. The lowest BCUT2D eigenvalue weighted by atomic mass is 10.1. The first kappa shape index (κ1) is 14.7. The van der Waals surface area contributed by atoms with Crippen LogP contribution in [0, 0.1) is 18.6 Å². The Morgan fingerprint density at radius 3 is 2.62 bits per heavy atom. The van der Waals surface area contributed by atoms with Crippen LogP contribution in [-0.2, 0) is 4.79 Å². The highest BCUT2D eigenvalue weighted by Crippen LogP contribution is 2.29. The van der Waals surface area contributed by atoms with Gasteiger partial charge in [0.1, 0.15) is 23.1 Å². The Bertz CT molecular complexity index is 709. The smallest absolute Gasteiger partial charge is 0.328 e. The molecule has 2 rings (SSSR count). The average molecular weight is 290 g/mol. The number of aliphatic carboxylic acids is 1. The van der Waals surface area contributed by atoms with E-state index >= 15 is 0 Å². The number of ether oxygens (including phenoxy) is 1. The molecule has 0 aliphatic carbocycles. The number of aryl methyl sites for hydroxylation is 1. The standard InChI is InChI=1S/C16H12F2O3/c1-10-5-6-11(9-14(10)18)21-15-4-2-3-13(17)12(15)7-8-16(19)20/h2-9H,1H3,(H,19,20)/b8-7+. The Balaban J connectivity index is 2.37. The number of carboxylic acids is 1. The minimum atomic E-state index is -1.20. The van der Waals surface area contributed by atoms with Crippen LogP contribution in [0.5, 0.6) is 11.5 Å². The molecule has 0 spiro atoms. The predicted molar refractivity (Wildman–Crippen MR) is 74.3 cm³/mol. The molecule has 0 fully saturated rings. The molecule has 5 heteroatoms. The van der Waals surface area contributed by atoms with Crippen LogP contribution < -0.4 is 4.74 Å². The van der Waals surface area contributed by atoms with Gasteiger partial charge in [-0.25, -0.2) is 13.6 Å². The average Bonchev–Trinajstić information content (AvgIpc) is 2.42. The van der Waals surface area contributed by atoms with E-state index in [4.69, 9.17) is 9.84 Å². The third-order valence-corrected chi connectivity index (χ3v) is 2.78. The summed E-state index contributed by atoms with van der Waals surface area (Å²) in [7, 11) is 0. The monoisotopic (exact) mass is 290 g/mol. The van der Waals surface area contributed by atoms with E-state index in [0.717, 1.165) is 12.2 Å². The van der Waals surface area contributed by atoms with Crippen molar-refractivity contribution in [1.82, 2.24) is 0 Å². The summed E-state index contributed by atoms with van der Waals surface area (Å²) in [5.74, 6) is -1.96. The minimum absolute atomic E-state index is 0.0131. The molecule has 0 amide bonds. The third-order valence-electron chi connectivity index (χ3n) is 2.78. The van der Waals surface area contributed by atoms with Gasteiger partial charge in [0.15, 0.2) is 0 Å². The largest absolute Gasteiger partial charge is 0.478 e. The molecule has 0 unspecified atom stereocenters. The molecule has 0 atom stereocenters. The van der Waals surface area contributed by atoms with Gasteiger partial charge in [-0.2, -0.15) is 0 Å². The van der Waals surface area contributed by atoms with Crippen molar-refractivity contribution in [1.29, 1.82) is 0 Å². The molecule has 3 nitrogen and oxygen atoms in total. The van der Waals surface area contributed by atoms with Crippen LogP contribution in [-0.4, -0.2) is 11.1 Å². The van der Waals surface area contributed by atoms with Crippen LogP contribution in [0.1, 0.15) is 11.1 Å². The van der Waals surface area contributed by atoms with Gasteiger partial charge in [-0.15, -0.1) is 0 Å². The summed E-state index contributed by atoms with van der Waals surface area (Å²) in [4.78, 5) is 10.5. The molecule has 0 bridgehead atoms. The Labute approximate surface area is 120 Å². The van der Waals surface area contributed by atoms with Gasteiger partial charge in [0.05, 0.1) is 5.56 Å². The van der Waals surface area contributed by atoms with Gasteiger partial charge in [0.25, 0.3) is 0 Å². The molecule has 1 N–H and O–H groups in total. The van der Waals surface area contributed by atoms with E-state index in [-0.39, 0.29) is 17.1 Å². The van der Waals surface area contributed by atoms with E-state index in [2.05, 4.69) is 0 Å². The summed E-state index contributed by atoms with van der Waals surface area (Å²) in [6.07, 6.45) is 1.90. The first-order valence-corrected chi connectivity index (χ1v) is 6.11. The molecule has 0 aromatic heterocycles. The highest BCUT2D eigenvalue weighted by atomic mass is 19.1. The highest BCUT2D eigenvalue weighted by molar-refractivity contribution is 5.86. The topological polar surface area (TPSA) is 46.5 Å². The lowest BCUT2D eigenvalue weighted by molar-refractivity contribution is -0.131.